The zero-order valence-electron chi connectivity index (χ0n) is 11.8. The lowest BCUT2D eigenvalue weighted by molar-refractivity contribution is -0.120. The fourth-order valence-corrected chi connectivity index (χ4v) is 1.43. The van der Waals surface area contributed by atoms with E-state index < -0.39 is 5.54 Å². The van der Waals surface area contributed by atoms with Gasteiger partial charge in [-0.05, 0) is 38.5 Å². The van der Waals surface area contributed by atoms with Crippen LogP contribution in [0.2, 0.25) is 0 Å². The van der Waals surface area contributed by atoms with E-state index in [4.69, 9.17) is 5.73 Å². The van der Waals surface area contributed by atoms with E-state index in [-0.39, 0.29) is 11.8 Å². The van der Waals surface area contributed by atoms with Crippen molar-refractivity contribution < 1.29 is 9.59 Å². The van der Waals surface area contributed by atoms with Gasteiger partial charge in [-0.2, -0.15) is 0 Å². The second kappa shape index (κ2) is 5.84. The largest absolute Gasteiger partial charge is 0.326 e. The smallest absolute Gasteiger partial charge is 0.243 e. The molecule has 0 saturated carbocycles. The molecule has 1 rings (SSSR count). The number of anilines is 2. The monoisotopic (exact) mass is 263 g/mol. The Hall–Kier alpha value is -1.88. The highest BCUT2D eigenvalue weighted by Gasteiger charge is 2.22. The van der Waals surface area contributed by atoms with Crippen LogP contribution >= 0.6 is 0 Å². The van der Waals surface area contributed by atoms with Crippen LogP contribution in [0, 0.1) is 6.92 Å². The molecule has 0 bridgehead atoms. The van der Waals surface area contributed by atoms with E-state index in [1.165, 1.54) is 0 Å². The lowest BCUT2D eigenvalue weighted by atomic mass is 10.1. The van der Waals surface area contributed by atoms with Crippen LogP contribution < -0.4 is 16.4 Å². The van der Waals surface area contributed by atoms with E-state index in [2.05, 4.69) is 10.6 Å². The van der Waals surface area contributed by atoms with Crippen molar-refractivity contribution in [3.63, 3.8) is 0 Å². The molecule has 0 aliphatic rings. The number of nitrogens with one attached hydrogen (secondary N) is 2. The lowest BCUT2D eigenvalue weighted by Crippen LogP contribution is -2.45. The molecule has 0 heterocycles. The van der Waals surface area contributed by atoms with Crippen LogP contribution in [-0.4, -0.2) is 17.4 Å². The van der Waals surface area contributed by atoms with Gasteiger partial charge >= 0.3 is 0 Å². The number of carbonyl (C=O) groups excluding carboxylic acids is 2. The van der Waals surface area contributed by atoms with Crippen molar-refractivity contribution in [2.24, 2.45) is 5.73 Å². The van der Waals surface area contributed by atoms with Gasteiger partial charge in [0.15, 0.2) is 0 Å². The molecule has 5 heteroatoms. The molecule has 0 atom stereocenters. The van der Waals surface area contributed by atoms with Gasteiger partial charge in [0.2, 0.25) is 11.8 Å². The Balaban J connectivity index is 2.95. The standard InChI is InChI=1S/C14H21N3O2/c1-5-12(18)16-10-7-6-8-11(9(10)2)17-13(19)14(3,4)15/h6-8H,5,15H2,1-4H3,(H,16,18)(H,17,19). The van der Waals surface area contributed by atoms with Crippen molar-refractivity contribution in [3.8, 4) is 0 Å². The molecule has 0 aliphatic heterocycles. The maximum atomic E-state index is 11.9. The van der Waals surface area contributed by atoms with Crippen molar-refractivity contribution in [3.05, 3.63) is 23.8 Å². The van der Waals surface area contributed by atoms with Gasteiger partial charge in [-0.15, -0.1) is 0 Å². The van der Waals surface area contributed by atoms with Crippen LogP contribution in [0.5, 0.6) is 0 Å². The van der Waals surface area contributed by atoms with E-state index in [0.29, 0.717) is 17.8 Å². The first kappa shape index (κ1) is 15.2. The molecule has 1 aromatic rings. The second-order valence-electron chi connectivity index (χ2n) is 5.06. The normalized spacial score (nSPS) is 11.0. The van der Waals surface area contributed by atoms with Crippen LogP contribution in [0.15, 0.2) is 18.2 Å². The third-order valence-electron chi connectivity index (χ3n) is 2.76. The summed E-state index contributed by atoms with van der Waals surface area (Å²) in [5.74, 6) is -0.333. The fourth-order valence-electron chi connectivity index (χ4n) is 1.43. The molecule has 0 unspecified atom stereocenters. The van der Waals surface area contributed by atoms with Gasteiger partial charge in [-0.3, -0.25) is 9.59 Å². The molecular formula is C14H21N3O2. The van der Waals surface area contributed by atoms with Crippen molar-refractivity contribution in [1.82, 2.24) is 0 Å². The molecule has 0 radical (unpaired) electrons. The zero-order valence-corrected chi connectivity index (χ0v) is 11.8. The molecule has 0 saturated heterocycles. The summed E-state index contributed by atoms with van der Waals surface area (Å²) in [6, 6.07) is 5.35. The number of hydrogen-bond donors (Lipinski definition) is 3. The molecule has 1 aromatic carbocycles. The van der Waals surface area contributed by atoms with Crippen molar-refractivity contribution in [2.45, 2.75) is 39.7 Å². The topological polar surface area (TPSA) is 84.2 Å². The van der Waals surface area contributed by atoms with Crippen molar-refractivity contribution in [1.29, 1.82) is 0 Å². The summed E-state index contributed by atoms with van der Waals surface area (Å²) in [7, 11) is 0. The minimum absolute atomic E-state index is 0.0641. The van der Waals surface area contributed by atoms with Crippen molar-refractivity contribution >= 4 is 23.2 Å². The summed E-state index contributed by atoms with van der Waals surface area (Å²) in [5, 5.41) is 5.56. The minimum Gasteiger partial charge on any atom is -0.326 e. The molecule has 0 fully saturated rings. The molecule has 0 spiro atoms. The van der Waals surface area contributed by atoms with Crippen LogP contribution in [0.4, 0.5) is 11.4 Å². The number of benzene rings is 1. The van der Waals surface area contributed by atoms with E-state index in [1.54, 1.807) is 39.0 Å². The van der Waals surface area contributed by atoms with Crippen LogP contribution in [0.3, 0.4) is 0 Å². The van der Waals surface area contributed by atoms with E-state index in [1.807, 2.05) is 6.92 Å². The quantitative estimate of drug-likeness (QED) is 0.777. The van der Waals surface area contributed by atoms with Crippen molar-refractivity contribution in [2.75, 3.05) is 10.6 Å². The van der Waals surface area contributed by atoms with Gasteiger partial charge < -0.3 is 16.4 Å². The maximum Gasteiger partial charge on any atom is 0.243 e. The first-order valence-electron chi connectivity index (χ1n) is 6.25. The molecule has 2 amide bonds. The highest BCUT2D eigenvalue weighted by molar-refractivity contribution is 5.99. The molecule has 0 aliphatic carbocycles. The second-order valence-corrected chi connectivity index (χ2v) is 5.06. The SMILES string of the molecule is CCC(=O)Nc1cccc(NC(=O)C(C)(C)N)c1C. The molecule has 0 aromatic heterocycles. The number of hydrogen-bond acceptors (Lipinski definition) is 3. The summed E-state index contributed by atoms with van der Waals surface area (Å²) >= 11 is 0. The Bertz CT molecular complexity index is 490. The van der Waals surface area contributed by atoms with E-state index >= 15 is 0 Å². The van der Waals surface area contributed by atoms with E-state index in [9.17, 15) is 9.59 Å². The number of carbonyl (C=O) groups is 2. The van der Waals surface area contributed by atoms with E-state index in [0.717, 1.165) is 5.56 Å². The highest BCUT2D eigenvalue weighted by atomic mass is 16.2. The minimum atomic E-state index is -0.949. The summed E-state index contributed by atoms with van der Waals surface area (Å²) in [6.07, 6.45) is 0.409. The Kier molecular flexibility index (Phi) is 4.67. The van der Waals surface area contributed by atoms with Gasteiger partial charge in [0.25, 0.3) is 0 Å². The number of nitrogens with two attached hydrogens (primary N) is 1. The fraction of sp³-hybridized carbons (Fsp3) is 0.429. The molecule has 5 nitrogen and oxygen atoms in total. The predicted octanol–water partition coefficient (Wildman–Crippen LogP) is 2.02. The lowest BCUT2D eigenvalue weighted by Gasteiger charge is -2.19. The van der Waals surface area contributed by atoms with Crippen LogP contribution in [0.1, 0.15) is 32.8 Å². The first-order chi connectivity index (χ1) is 8.75. The third-order valence-corrected chi connectivity index (χ3v) is 2.76. The average Bonchev–Trinajstić information content (AvgIpc) is 2.32. The van der Waals surface area contributed by atoms with Gasteiger partial charge in [-0.25, -0.2) is 0 Å². The summed E-state index contributed by atoms with van der Waals surface area (Å²) in [6.45, 7) is 6.90. The van der Waals surface area contributed by atoms with Gasteiger partial charge in [0.1, 0.15) is 0 Å². The molecule has 4 N–H and O–H groups in total. The zero-order chi connectivity index (χ0) is 14.6. The molecule has 19 heavy (non-hydrogen) atoms. The molecule has 104 valence electrons. The predicted molar refractivity (Wildman–Crippen MR) is 77.0 cm³/mol. The number of rotatable bonds is 4. The summed E-state index contributed by atoms with van der Waals surface area (Å²) in [4.78, 5) is 23.3. The van der Waals surface area contributed by atoms with Gasteiger partial charge in [0.05, 0.1) is 5.54 Å². The van der Waals surface area contributed by atoms with Gasteiger partial charge in [0, 0.05) is 17.8 Å². The highest BCUT2D eigenvalue weighted by Crippen LogP contribution is 2.24. The Morgan fingerprint density at radius 1 is 1.21 bits per heavy atom. The number of amides is 2. The summed E-state index contributed by atoms with van der Waals surface area (Å²) in [5.41, 5.74) is 6.94. The Morgan fingerprint density at radius 3 is 2.21 bits per heavy atom. The van der Waals surface area contributed by atoms with Crippen LogP contribution in [0.25, 0.3) is 0 Å². The first-order valence-corrected chi connectivity index (χ1v) is 6.25. The summed E-state index contributed by atoms with van der Waals surface area (Å²) < 4.78 is 0. The Labute approximate surface area is 113 Å². The van der Waals surface area contributed by atoms with Gasteiger partial charge in [-0.1, -0.05) is 13.0 Å². The third kappa shape index (κ3) is 4.06. The maximum absolute atomic E-state index is 11.9. The average molecular weight is 263 g/mol. The Morgan fingerprint density at radius 2 is 1.74 bits per heavy atom. The van der Waals surface area contributed by atoms with Crippen LogP contribution in [-0.2, 0) is 9.59 Å². The molecular weight excluding hydrogens is 242 g/mol.